The lowest BCUT2D eigenvalue weighted by Gasteiger charge is -2.19. The van der Waals surface area contributed by atoms with Crippen LogP contribution in [0.5, 0.6) is 5.75 Å². The highest BCUT2D eigenvalue weighted by Crippen LogP contribution is 2.33. The van der Waals surface area contributed by atoms with Crippen molar-refractivity contribution in [1.29, 1.82) is 0 Å². The number of nitrogens with zero attached hydrogens (tertiary/aromatic N) is 2. The van der Waals surface area contributed by atoms with Crippen molar-refractivity contribution in [3.05, 3.63) is 97.8 Å². The Bertz CT molecular complexity index is 1650. The summed E-state index contributed by atoms with van der Waals surface area (Å²) in [6, 6.07) is 16.0. The number of fused-ring (bicyclic) bond motifs is 1. The zero-order valence-electron chi connectivity index (χ0n) is 17.2. The molecule has 0 spiro atoms. The molecule has 1 atom stereocenters. The summed E-state index contributed by atoms with van der Waals surface area (Å²) < 4.78 is 59.0. The zero-order valence-corrected chi connectivity index (χ0v) is 20.4. The summed E-state index contributed by atoms with van der Waals surface area (Å²) in [6.45, 7) is 0. The van der Waals surface area contributed by atoms with Gasteiger partial charge in [0.05, 0.1) is 10.6 Å². The Morgan fingerprint density at radius 3 is 2.46 bits per heavy atom. The summed E-state index contributed by atoms with van der Waals surface area (Å²) in [5.74, 6) is -0.279. The molecule has 14 heteroatoms. The summed E-state index contributed by atoms with van der Waals surface area (Å²) in [4.78, 5) is 23.1. The van der Waals surface area contributed by atoms with E-state index in [1.807, 2.05) is 0 Å². The van der Waals surface area contributed by atoms with Crippen LogP contribution in [-0.2, 0) is 21.4 Å². The number of nitro groups is 1. The Hall–Kier alpha value is -3.59. The van der Waals surface area contributed by atoms with Crippen LogP contribution in [0.4, 0.5) is 17.1 Å². The molecule has 1 aromatic heterocycles. The summed E-state index contributed by atoms with van der Waals surface area (Å²) in [6.07, 6.45) is 0. The highest BCUT2D eigenvalue weighted by atomic mass is 79.9. The maximum atomic E-state index is 12.8. The second kappa shape index (κ2) is 9.58. The van der Waals surface area contributed by atoms with Gasteiger partial charge in [0.2, 0.25) is 0 Å². The van der Waals surface area contributed by atoms with E-state index in [1.54, 1.807) is 6.07 Å². The van der Waals surface area contributed by atoms with Gasteiger partial charge in [-0.15, -0.1) is 0 Å². The van der Waals surface area contributed by atoms with E-state index in [0.717, 1.165) is 6.07 Å². The minimum Gasteiger partial charge on any atom is -0.417 e. The first-order chi connectivity index (χ1) is 16.6. The molecule has 4 aromatic rings. The standard InChI is InChI=1S/C21H13BrN2O9S2/c22-14-5-2-8-17(11-14)35(30,31)33-19-9-1-4-13-10-18(21(25)32-20(13)19)23(34(28)29)15-6-3-7-16(12-15)24(26)27/h1-12H,(H,28,29). The van der Waals surface area contributed by atoms with Crippen LogP contribution in [0.2, 0.25) is 0 Å². The molecular formula is C21H13BrN2O9S2. The van der Waals surface area contributed by atoms with Crippen LogP contribution in [0.15, 0.2) is 91.4 Å². The van der Waals surface area contributed by atoms with Gasteiger partial charge in [0.25, 0.3) is 17.0 Å². The van der Waals surface area contributed by atoms with Crippen molar-refractivity contribution in [1.82, 2.24) is 0 Å². The Kier molecular flexibility index (Phi) is 6.71. The monoisotopic (exact) mass is 580 g/mol. The van der Waals surface area contributed by atoms with Gasteiger partial charge in [-0.3, -0.25) is 14.7 Å². The molecule has 0 aliphatic carbocycles. The number of nitro benzene ring substituents is 1. The summed E-state index contributed by atoms with van der Waals surface area (Å²) in [5, 5.41) is 11.3. The molecule has 1 unspecified atom stereocenters. The van der Waals surface area contributed by atoms with Gasteiger partial charge < -0.3 is 8.60 Å². The predicted molar refractivity (Wildman–Crippen MR) is 130 cm³/mol. The van der Waals surface area contributed by atoms with E-state index in [0.29, 0.717) is 8.78 Å². The maximum Gasteiger partial charge on any atom is 0.361 e. The van der Waals surface area contributed by atoms with Crippen molar-refractivity contribution in [2.45, 2.75) is 4.90 Å². The van der Waals surface area contributed by atoms with Crippen molar-refractivity contribution in [3.63, 3.8) is 0 Å². The van der Waals surface area contributed by atoms with E-state index in [1.165, 1.54) is 60.7 Å². The lowest BCUT2D eigenvalue weighted by Crippen LogP contribution is -2.24. The van der Waals surface area contributed by atoms with Gasteiger partial charge in [0.15, 0.2) is 11.3 Å². The number of non-ortho nitro benzene ring substituents is 1. The zero-order chi connectivity index (χ0) is 25.3. The third-order valence-corrected chi connectivity index (χ3v) is 7.08. The lowest BCUT2D eigenvalue weighted by atomic mass is 10.2. The van der Waals surface area contributed by atoms with Gasteiger partial charge in [0.1, 0.15) is 10.6 Å². The normalized spacial score (nSPS) is 12.3. The number of para-hydroxylation sites is 1. The third-order valence-electron chi connectivity index (χ3n) is 4.64. The molecule has 0 saturated carbocycles. The Morgan fingerprint density at radius 1 is 1.06 bits per heavy atom. The molecule has 3 aromatic carbocycles. The molecule has 1 N–H and O–H groups in total. The Balaban J connectivity index is 1.81. The molecular weight excluding hydrogens is 568 g/mol. The van der Waals surface area contributed by atoms with Crippen molar-refractivity contribution < 1.29 is 30.7 Å². The Morgan fingerprint density at radius 2 is 1.77 bits per heavy atom. The number of rotatable bonds is 7. The van der Waals surface area contributed by atoms with Crippen LogP contribution in [-0.4, -0.2) is 22.1 Å². The topological polar surface area (TPSA) is 157 Å². The van der Waals surface area contributed by atoms with Crippen molar-refractivity contribution in [2.24, 2.45) is 0 Å². The fourth-order valence-corrected chi connectivity index (χ4v) is 5.27. The number of anilines is 2. The second-order valence-electron chi connectivity index (χ2n) is 6.89. The van der Waals surface area contributed by atoms with Crippen LogP contribution in [0.1, 0.15) is 0 Å². The van der Waals surface area contributed by atoms with E-state index in [-0.39, 0.29) is 33.0 Å². The second-order valence-corrected chi connectivity index (χ2v) is 10.2. The van der Waals surface area contributed by atoms with Gasteiger partial charge in [-0.1, -0.05) is 40.2 Å². The third kappa shape index (κ3) is 5.09. The first kappa shape index (κ1) is 24.5. The lowest BCUT2D eigenvalue weighted by molar-refractivity contribution is -0.384. The number of hydrogen-bond acceptors (Lipinski definition) is 8. The predicted octanol–water partition coefficient (Wildman–Crippen LogP) is 4.51. The fraction of sp³-hybridized carbons (Fsp3) is 0. The van der Waals surface area contributed by atoms with E-state index in [9.17, 15) is 32.1 Å². The van der Waals surface area contributed by atoms with E-state index >= 15 is 0 Å². The first-order valence-corrected chi connectivity index (χ1v) is 12.8. The van der Waals surface area contributed by atoms with Crippen LogP contribution < -0.4 is 14.1 Å². The summed E-state index contributed by atoms with van der Waals surface area (Å²) >= 11 is 0.378. The first-order valence-electron chi connectivity index (χ1n) is 9.49. The van der Waals surface area contributed by atoms with E-state index in [4.69, 9.17) is 8.60 Å². The fourth-order valence-electron chi connectivity index (χ4n) is 3.15. The van der Waals surface area contributed by atoms with Crippen LogP contribution in [0.25, 0.3) is 11.0 Å². The number of halogens is 1. The van der Waals surface area contributed by atoms with Gasteiger partial charge in [-0.2, -0.15) is 8.42 Å². The van der Waals surface area contributed by atoms with Crippen LogP contribution in [0.3, 0.4) is 0 Å². The molecule has 0 fully saturated rings. The van der Waals surface area contributed by atoms with Crippen molar-refractivity contribution in [3.8, 4) is 5.75 Å². The quantitative estimate of drug-likeness (QED) is 0.109. The number of hydrogen-bond donors (Lipinski definition) is 1. The molecule has 0 bridgehead atoms. The SMILES string of the molecule is O=c1oc2c(OS(=O)(=O)c3cccc(Br)c3)cccc2cc1N(c1cccc([N+](=O)[O-])c1)S(=O)O. The van der Waals surface area contributed by atoms with Crippen molar-refractivity contribution in [2.75, 3.05) is 4.31 Å². The van der Waals surface area contributed by atoms with E-state index < -0.39 is 37.6 Å². The molecule has 35 heavy (non-hydrogen) atoms. The molecule has 180 valence electrons. The molecule has 4 rings (SSSR count). The molecule has 1 heterocycles. The largest absolute Gasteiger partial charge is 0.417 e. The van der Waals surface area contributed by atoms with Crippen LogP contribution >= 0.6 is 15.9 Å². The molecule has 0 saturated heterocycles. The smallest absolute Gasteiger partial charge is 0.361 e. The molecule has 0 amide bonds. The van der Waals surface area contributed by atoms with Gasteiger partial charge in [0, 0.05) is 22.0 Å². The number of benzene rings is 3. The maximum absolute atomic E-state index is 12.8. The molecule has 11 nitrogen and oxygen atoms in total. The van der Waals surface area contributed by atoms with Gasteiger partial charge >= 0.3 is 15.7 Å². The molecule has 0 aliphatic rings. The average Bonchev–Trinajstić information content (AvgIpc) is 2.80. The Labute approximate surface area is 208 Å². The molecule has 0 radical (unpaired) electrons. The van der Waals surface area contributed by atoms with Crippen LogP contribution in [0, 0.1) is 10.1 Å². The summed E-state index contributed by atoms with van der Waals surface area (Å²) in [7, 11) is -4.29. The van der Waals surface area contributed by atoms with Gasteiger partial charge in [-0.25, -0.2) is 13.3 Å². The highest BCUT2D eigenvalue weighted by Gasteiger charge is 2.24. The van der Waals surface area contributed by atoms with Gasteiger partial charge in [-0.05, 0) is 36.4 Å². The average molecular weight is 581 g/mol. The van der Waals surface area contributed by atoms with E-state index in [2.05, 4.69) is 15.9 Å². The highest BCUT2D eigenvalue weighted by molar-refractivity contribution is 9.10. The van der Waals surface area contributed by atoms with Crippen molar-refractivity contribution >= 4 is 65.3 Å². The summed E-state index contributed by atoms with van der Waals surface area (Å²) in [5.41, 5.74) is -2.22. The molecule has 0 aliphatic heterocycles. The minimum atomic E-state index is -4.29. The minimum absolute atomic E-state index is 0.115.